The van der Waals surface area contributed by atoms with Crippen molar-refractivity contribution in [1.29, 1.82) is 0 Å². The van der Waals surface area contributed by atoms with Crippen molar-refractivity contribution in [2.45, 2.75) is 39.7 Å². The fraction of sp³-hybridized carbons (Fsp3) is 0.615. The highest BCUT2D eigenvalue weighted by atomic mass is 14.9. The van der Waals surface area contributed by atoms with Crippen LogP contribution in [0.15, 0.2) is 24.4 Å². The molecule has 1 aromatic heterocycles. The summed E-state index contributed by atoms with van der Waals surface area (Å²) >= 11 is 0. The minimum Gasteiger partial charge on any atom is -0.315 e. The van der Waals surface area contributed by atoms with E-state index in [-0.39, 0.29) is 0 Å². The largest absolute Gasteiger partial charge is 0.315 e. The van der Waals surface area contributed by atoms with Crippen LogP contribution in [0.2, 0.25) is 0 Å². The van der Waals surface area contributed by atoms with Crippen molar-refractivity contribution < 1.29 is 0 Å². The Balaban J connectivity index is 2.33. The van der Waals surface area contributed by atoms with E-state index < -0.39 is 0 Å². The molecular weight excluding hydrogens is 184 g/mol. The highest BCUT2D eigenvalue weighted by Gasteiger charge is 2.08. The van der Waals surface area contributed by atoms with Gasteiger partial charge in [-0.1, -0.05) is 19.9 Å². The molecule has 15 heavy (non-hydrogen) atoms. The lowest BCUT2D eigenvalue weighted by molar-refractivity contribution is 0.424. The van der Waals surface area contributed by atoms with Crippen molar-refractivity contribution in [2.75, 3.05) is 6.54 Å². The first kappa shape index (κ1) is 12.2. The van der Waals surface area contributed by atoms with Gasteiger partial charge in [0.05, 0.1) is 0 Å². The van der Waals surface area contributed by atoms with Crippen LogP contribution in [0.1, 0.15) is 32.9 Å². The van der Waals surface area contributed by atoms with Crippen molar-refractivity contribution in [3.05, 3.63) is 30.1 Å². The molecule has 0 aliphatic carbocycles. The fourth-order valence-electron chi connectivity index (χ4n) is 1.99. The van der Waals surface area contributed by atoms with E-state index in [1.165, 1.54) is 12.1 Å². The molecule has 0 radical (unpaired) electrons. The second-order valence-electron chi connectivity index (χ2n) is 4.32. The summed E-state index contributed by atoms with van der Waals surface area (Å²) in [6, 6.07) is 6.74. The van der Waals surface area contributed by atoms with Crippen LogP contribution in [-0.2, 0) is 6.42 Å². The zero-order valence-corrected chi connectivity index (χ0v) is 10.0. The van der Waals surface area contributed by atoms with E-state index in [4.69, 9.17) is 0 Å². The van der Waals surface area contributed by atoms with Gasteiger partial charge in [0.25, 0.3) is 0 Å². The smallest absolute Gasteiger partial charge is 0.0406 e. The number of hydrogen-bond acceptors (Lipinski definition) is 2. The topological polar surface area (TPSA) is 24.9 Å². The van der Waals surface area contributed by atoms with Crippen molar-refractivity contribution in [1.82, 2.24) is 10.3 Å². The first-order chi connectivity index (χ1) is 7.22. The average molecular weight is 206 g/mol. The quantitative estimate of drug-likeness (QED) is 0.774. The van der Waals surface area contributed by atoms with Gasteiger partial charge in [0.2, 0.25) is 0 Å². The summed E-state index contributed by atoms with van der Waals surface area (Å²) in [5.74, 6) is 0.689. The van der Waals surface area contributed by atoms with Crippen LogP contribution in [0, 0.1) is 5.92 Å². The van der Waals surface area contributed by atoms with Crippen LogP contribution in [0.25, 0.3) is 0 Å². The lowest BCUT2D eigenvalue weighted by Crippen LogP contribution is -2.27. The Bertz CT molecular complexity index is 258. The lowest BCUT2D eigenvalue weighted by atomic mass is 9.97. The Morgan fingerprint density at radius 1 is 1.33 bits per heavy atom. The minimum absolute atomic E-state index is 0.605. The van der Waals surface area contributed by atoms with Crippen LogP contribution in [-0.4, -0.2) is 17.6 Å². The summed E-state index contributed by atoms with van der Waals surface area (Å²) in [6.07, 6.45) is 4.16. The third-order valence-electron chi connectivity index (χ3n) is 2.59. The first-order valence-electron chi connectivity index (χ1n) is 5.85. The van der Waals surface area contributed by atoms with Gasteiger partial charge in [-0.3, -0.25) is 4.98 Å². The summed E-state index contributed by atoms with van der Waals surface area (Å²) in [7, 11) is 0. The summed E-state index contributed by atoms with van der Waals surface area (Å²) in [6.45, 7) is 7.75. The van der Waals surface area contributed by atoms with E-state index in [9.17, 15) is 0 Å². The van der Waals surface area contributed by atoms with Gasteiger partial charge in [-0.25, -0.2) is 0 Å². The van der Waals surface area contributed by atoms with Gasteiger partial charge in [-0.05, 0) is 44.4 Å². The van der Waals surface area contributed by atoms with E-state index in [0.29, 0.717) is 12.0 Å². The first-order valence-corrected chi connectivity index (χ1v) is 5.85. The second-order valence-corrected chi connectivity index (χ2v) is 4.32. The van der Waals surface area contributed by atoms with E-state index in [0.717, 1.165) is 13.0 Å². The van der Waals surface area contributed by atoms with E-state index in [2.05, 4.69) is 43.2 Å². The Morgan fingerprint density at radius 3 is 2.73 bits per heavy atom. The molecule has 0 aromatic carbocycles. The molecule has 0 amide bonds. The molecule has 2 unspecified atom stereocenters. The molecule has 0 spiro atoms. The predicted octanol–water partition coefficient (Wildman–Crippen LogP) is 2.65. The zero-order chi connectivity index (χ0) is 11.1. The molecule has 2 atom stereocenters. The third kappa shape index (κ3) is 4.93. The maximum absolute atomic E-state index is 4.35. The molecule has 84 valence electrons. The van der Waals surface area contributed by atoms with Gasteiger partial charge in [-0.2, -0.15) is 0 Å². The molecule has 1 N–H and O–H groups in total. The number of hydrogen-bond donors (Lipinski definition) is 1. The minimum atomic E-state index is 0.605. The van der Waals surface area contributed by atoms with Gasteiger partial charge in [0.1, 0.15) is 0 Å². The molecule has 0 aliphatic heterocycles. The van der Waals surface area contributed by atoms with Crippen molar-refractivity contribution in [3.63, 3.8) is 0 Å². The van der Waals surface area contributed by atoms with Crippen LogP contribution in [0.4, 0.5) is 0 Å². The van der Waals surface area contributed by atoms with E-state index >= 15 is 0 Å². The molecule has 1 rings (SSSR count). The third-order valence-corrected chi connectivity index (χ3v) is 2.59. The van der Waals surface area contributed by atoms with Crippen molar-refractivity contribution >= 4 is 0 Å². The maximum Gasteiger partial charge on any atom is 0.0406 e. The van der Waals surface area contributed by atoms with Gasteiger partial charge in [-0.15, -0.1) is 0 Å². The molecule has 1 heterocycles. The van der Waals surface area contributed by atoms with Crippen LogP contribution in [0.5, 0.6) is 0 Å². The summed E-state index contributed by atoms with van der Waals surface area (Å²) < 4.78 is 0. The highest BCUT2D eigenvalue weighted by Crippen LogP contribution is 2.11. The molecule has 0 bridgehead atoms. The molecule has 1 aromatic rings. The van der Waals surface area contributed by atoms with Gasteiger partial charge >= 0.3 is 0 Å². The maximum atomic E-state index is 4.35. The molecule has 0 fully saturated rings. The number of nitrogens with zero attached hydrogens (tertiary/aromatic N) is 1. The fourth-order valence-corrected chi connectivity index (χ4v) is 1.99. The zero-order valence-electron chi connectivity index (χ0n) is 10.0. The van der Waals surface area contributed by atoms with Gasteiger partial charge < -0.3 is 5.32 Å². The summed E-state index contributed by atoms with van der Waals surface area (Å²) in [5, 5.41) is 3.44. The average Bonchev–Trinajstić information content (AvgIpc) is 2.19. The monoisotopic (exact) mass is 206 g/mol. The Morgan fingerprint density at radius 2 is 2.13 bits per heavy atom. The summed E-state index contributed by atoms with van der Waals surface area (Å²) in [5.41, 5.74) is 1.20. The number of aromatic nitrogens is 1. The van der Waals surface area contributed by atoms with Gasteiger partial charge in [0.15, 0.2) is 0 Å². The van der Waals surface area contributed by atoms with Crippen LogP contribution in [0.3, 0.4) is 0 Å². The standard InChI is InChI=1S/C13H22N2/c1-4-14-12(3)9-11(2)10-13-7-5-6-8-15-13/h5-8,11-12,14H,4,9-10H2,1-3H3. The van der Waals surface area contributed by atoms with E-state index in [1.54, 1.807) is 0 Å². The van der Waals surface area contributed by atoms with Crippen LogP contribution < -0.4 is 5.32 Å². The highest BCUT2D eigenvalue weighted by molar-refractivity contribution is 5.04. The van der Waals surface area contributed by atoms with Crippen LogP contribution >= 0.6 is 0 Å². The Hall–Kier alpha value is -0.890. The number of pyridine rings is 1. The van der Waals surface area contributed by atoms with Gasteiger partial charge in [0, 0.05) is 17.9 Å². The lowest BCUT2D eigenvalue weighted by Gasteiger charge is -2.17. The summed E-state index contributed by atoms with van der Waals surface area (Å²) in [4.78, 5) is 4.35. The van der Waals surface area contributed by atoms with Crippen molar-refractivity contribution in [3.8, 4) is 0 Å². The molecule has 0 saturated carbocycles. The molecule has 0 aliphatic rings. The molecule has 0 saturated heterocycles. The van der Waals surface area contributed by atoms with Crippen molar-refractivity contribution in [2.24, 2.45) is 5.92 Å². The second kappa shape index (κ2) is 6.57. The predicted molar refractivity (Wildman–Crippen MR) is 64.9 cm³/mol. The Labute approximate surface area is 93.1 Å². The normalized spacial score (nSPS) is 14.9. The number of nitrogens with one attached hydrogen (secondary N) is 1. The Kier molecular flexibility index (Phi) is 5.33. The SMILES string of the molecule is CCNC(C)CC(C)Cc1ccccn1. The molecular formula is C13H22N2. The number of rotatable bonds is 6. The van der Waals surface area contributed by atoms with E-state index in [1.807, 2.05) is 12.3 Å². The molecule has 2 heteroatoms. The molecule has 2 nitrogen and oxygen atoms in total.